The lowest BCUT2D eigenvalue weighted by Gasteiger charge is -2.09. The van der Waals surface area contributed by atoms with E-state index in [1.165, 1.54) is 12.1 Å². The van der Waals surface area contributed by atoms with Crippen molar-refractivity contribution in [2.45, 2.75) is 0 Å². The molecule has 0 saturated heterocycles. The van der Waals surface area contributed by atoms with Crippen molar-refractivity contribution in [3.05, 3.63) is 58.1 Å². The standard InChI is InChI=1S/C16H12BrNO6/c17-11-1-3-13(4-2-11)24-8-14(19)18-12-6-9(15(20)21)5-10(7-12)16(22)23/h1-7H,8H2,(H,18,19)(H,20,21)(H,22,23). The van der Waals surface area contributed by atoms with E-state index in [0.717, 1.165) is 10.5 Å². The summed E-state index contributed by atoms with van der Waals surface area (Å²) in [6.45, 7) is -0.304. The maximum Gasteiger partial charge on any atom is 0.335 e. The highest BCUT2D eigenvalue weighted by molar-refractivity contribution is 9.10. The van der Waals surface area contributed by atoms with E-state index < -0.39 is 17.8 Å². The van der Waals surface area contributed by atoms with Gasteiger partial charge < -0.3 is 20.3 Å². The van der Waals surface area contributed by atoms with Gasteiger partial charge in [-0.2, -0.15) is 0 Å². The first-order valence-electron chi connectivity index (χ1n) is 6.65. The highest BCUT2D eigenvalue weighted by atomic mass is 79.9. The number of carboxylic acids is 2. The Hall–Kier alpha value is -2.87. The van der Waals surface area contributed by atoms with Gasteiger partial charge in [0.1, 0.15) is 5.75 Å². The van der Waals surface area contributed by atoms with Crippen LogP contribution in [-0.2, 0) is 4.79 Å². The molecule has 0 aromatic heterocycles. The van der Waals surface area contributed by atoms with Crippen LogP contribution in [0.3, 0.4) is 0 Å². The molecule has 1 amide bonds. The Morgan fingerprint density at radius 1 is 0.958 bits per heavy atom. The van der Waals surface area contributed by atoms with E-state index in [9.17, 15) is 14.4 Å². The van der Waals surface area contributed by atoms with E-state index in [1.54, 1.807) is 24.3 Å². The number of halogens is 1. The molecule has 0 aliphatic carbocycles. The van der Waals surface area contributed by atoms with Crippen molar-refractivity contribution in [1.82, 2.24) is 0 Å². The number of hydrogen-bond donors (Lipinski definition) is 3. The first-order chi connectivity index (χ1) is 11.3. The molecule has 0 heterocycles. The van der Waals surface area contributed by atoms with Gasteiger partial charge in [0, 0.05) is 10.2 Å². The van der Waals surface area contributed by atoms with Gasteiger partial charge in [0.05, 0.1) is 11.1 Å². The van der Waals surface area contributed by atoms with Crippen molar-refractivity contribution in [1.29, 1.82) is 0 Å². The zero-order chi connectivity index (χ0) is 17.7. The number of benzene rings is 2. The number of carbonyl (C=O) groups excluding carboxylic acids is 1. The molecule has 0 aliphatic heterocycles. The van der Waals surface area contributed by atoms with Gasteiger partial charge in [-0.25, -0.2) is 9.59 Å². The molecule has 2 aromatic rings. The largest absolute Gasteiger partial charge is 0.484 e. The van der Waals surface area contributed by atoms with Crippen LogP contribution in [0.25, 0.3) is 0 Å². The number of nitrogens with one attached hydrogen (secondary N) is 1. The van der Waals surface area contributed by atoms with Gasteiger partial charge in [0.25, 0.3) is 5.91 Å². The van der Waals surface area contributed by atoms with Gasteiger partial charge in [0.15, 0.2) is 6.61 Å². The average molecular weight is 394 g/mol. The van der Waals surface area contributed by atoms with Crippen LogP contribution >= 0.6 is 15.9 Å². The summed E-state index contributed by atoms with van der Waals surface area (Å²) in [5.74, 6) is -2.64. The first kappa shape index (κ1) is 17.5. The monoisotopic (exact) mass is 393 g/mol. The molecule has 0 spiro atoms. The molecule has 2 rings (SSSR count). The smallest absolute Gasteiger partial charge is 0.335 e. The van der Waals surface area contributed by atoms with Crippen molar-refractivity contribution >= 4 is 39.5 Å². The van der Waals surface area contributed by atoms with E-state index in [4.69, 9.17) is 14.9 Å². The third kappa shape index (κ3) is 4.82. The molecule has 2 aromatic carbocycles. The molecule has 0 unspecified atom stereocenters. The minimum Gasteiger partial charge on any atom is -0.484 e. The zero-order valence-electron chi connectivity index (χ0n) is 12.2. The molecular weight excluding hydrogens is 382 g/mol. The molecule has 0 radical (unpaired) electrons. The summed E-state index contributed by atoms with van der Waals surface area (Å²) in [6.07, 6.45) is 0. The second-order valence-electron chi connectivity index (χ2n) is 4.70. The lowest BCUT2D eigenvalue weighted by atomic mass is 10.1. The Bertz CT molecular complexity index is 755. The third-order valence-corrected chi connectivity index (χ3v) is 3.42. The fourth-order valence-electron chi connectivity index (χ4n) is 1.82. The van der Waals surface area contributed by atoms with Crippen LogP contribution in [0.1, 0.15) is 20.7 Å². The molecular formula is C16H12BrNO6. The molecule has 24 heavy (non-hydrogen) atoms. The minimum absolute atomic E-state index is 0.0664. The van der Waals surface area contributed by atoms with E-state index >= 15 is 0 Å². The quantitative estimate of drug-likeness (QED) is 0.695. The Balaban J connectivity index is 2.06. The van der Waals surface area contributed by atoms with Gasteiger partial charge in [-0.3, -0.25) is 4.79 Å². The third-order valence-electron chi connectivity index (χ3n) is 2.89. The van der Waals surface area contributed by atoms with Crippen molar-refractivity contribution in [2.24, 2.45) is 0 Å². The Morgan fingerprint density at radius 2 is 1.50 bits per heavy atom. The zero-order valence-corrected chi connectivity index (χ0v) is 13.7. The van der Waals surface area contributed by atoms with E-state index in [-0.39, 0.29) is 23.4 Å². The number of anilines is 1. The van der Waals surface area contributed by atoms with Crippen LogP contribution in [0.4, 0.5) is 5.69 Å². The first-order valence-corrected chi connectivity index (χ1v) is 7.44. The van der Waals surface area contributed by atoms with Crippen LogP contribution in [0.5, 0.6) is 5.75 Å². The van der Waals surface area contributed by atoms with Crippen molar-refractivity contribution < 1.29 is 29.3 Å². The summed E-state index contributed by atoms with van der Waals surface area (Å²) in [7, 11) is 0. The number of amides is 1. The fourth-order valence-corrected chi connectivity index (χ4v) is 2.09. The fraction of sp³-hybridized carbons (Fsp3) is 0.0625. The maximum atomic E-state index is 11.9. The summed E-state index contributed by atoms with van der Waals surface area (Å²) in [5, 5.41) is 20.4. The predicted octanol–water partition coefficient (Wildman–Crippen LogP) is 2.86. The molecule has 0 fully saturated rings. The lowest BCUT2D eigenvalue weighted by molar-refractivity contribution is -0.118. The van der Waals surface area contributed by atoms with E-state index in [0.29, 0.717) is 5.75 Å². The van der Waals surface area contributed by atoms with Gasteiger partial charge in [-0.1, -0.05) is 15.9 Å². The number of carboxylic acid groups (broad SMARTS) is 2. The molecule has 0 aliphatic rings. The molecule has 8 heteroatoms. The minimum atomic E-state index is -1.29. The highest BCUT2D eigenvalue weighted by Crippen LogP contribution is 2.17. The Kier molecular flexibility index (Phi) is 5.54. The maximum absolute atomic E-state index is 11.9. The van der Waals surface area contributed by atoms with Crippen molar-refractivity contribution in [3.8, 4) is 5.75 Å². The number of carbonyl (C=O) groups is 3. The molecule has 0 saturated carbocycles. The second-order valence-corrected chi connectivity index (χ2v) is 5.62. The number of hydrogen-bond acceptors (Lipinski definition) is 4. The van der Waals surface area contributed by atoms with E-state index in [1.807, 2.05) is 0 Å². The predicted molar refractivity (Wildman–Crippen MR) is 88.6 cm³/mol. The molecule has 7 nitrogen and oxygen atoms in total. The van der Waals surface area contributed by atoms with Crippen LogP contribution in [0, 0.1) is 0 Å². The van der Waals surface area contributed by atoms with Crippen molar-refractivity contribution in [3.63, 3.8) is 0 Å². The number of ether oxygens (including phenoxy) is 1. The van der Waals surface area contributed by atoms with Gasteiger partial charge in [0.2, 0.25) is 0 Å². The SMILES string of the molecule is O=C(COc1ccc(Br)cc1)Nc1cc(C(=O)O)cc(C(=O)O)c1. The molecule has 3 N–H and O–H groups in total. The summed E-state index contributed by atoms with van der Waals surface area (Å²) in [6, 6.07) is 10.2. The molecule has 124 valence electrons. The average Bonchev–Trinajstić information content (AvgIpc) is 2.54. The number of aromatic carboxylic acids is 2. The van der Waals surface area contributed by atoms with Crippen LogP contribution in [0.2, 0.25) is 0 Å². The van der Waals surface area contributed by atoms with Gasteiger partial charge >= 0.3 is 11.9 Å². The van der Waals surface area contributed by atoms with Crippen LogP contribution in [0.15, 0.2) is 46.9 Å². The Labute approximate surface area is 145 Å². The summed E-state index contributed by atoms with van der Waals surface area (Å²) in [4.78, 5) is 33.9. The van der Waals surface area contributed by atoms with Gasteiger partial charge in [-0.05, 0) is 42.5 Å². The summed E-state index contributed by atoms with van der Waals surface area (Å²) >= 11 is 3.28. The summed E-state index contributed by atoms with van der Waals surface area (Å²) < 4.78 is 6.15. The number of rotatable bonds is 6. The van der Waals surface area contributed by atoms with Crippen LogP contribution in [-0.4, -0.2) is 34.7 Å². The second kappa shape index (κ2) is 7.60. The van der Waals surface area contributed by atoms with E-state index in [2.05, 4.69) is 21.2 Å². The molecule has 0 bridgehead atoms. The highest BCUT2D eigenvalue weighted by Gasteiger charge is 2.13. The topological polar surface area (TPSA) is 113 Å². The molecule has 0 atom stereocenters. The Morgan fingerprint density at radius 3 is 2.00 bits per heavy atom. The van der Waals surface area contributed by atoms with Gasteiger partial charge in [-0.15, -0.1) is 0 Å². The lowest BCUT2D eigenvalue weighted by Crippen LogP contribution is -2.20. The summed E-state index contributed by atoms with van der Waals surface area (Å²) in [5.41, 5.74) is -0.408. The normalized spacial score (nSPS) is 10.0. The van der Waals surface area contributed by atoms with Crippen LogP contribution < -0.4 is 10.1 Å². The van der Waals surface area contributed by atoms with Crippen molar-refractivity contribution in [2.75, 3.05) is 11.9 Å².